The zero-order valence-corrected chi connectivity index (χ0v) is 12.3. The minimum Gasteiger partial charge on any atom is -0.367 e. The van der Waals surface area contributed by atoms with Gasteiger partial charge in [-0.2, -0.15) is 0 Å². The molecule has 2 aromatic rings. The van der Waals surface area contributed by atoms with Gasteiger partial charge >= 0.3 is 0 Å². The van der Waals surface area contributed by atoms with Gasteiger partial charge in [0.25, 0.3) is 0 Å². The van der Waals surface area contributed by atoms with Gasteiger partial charge in [-0.15, -0.1) is 0 Å². The number of aromatic nitrogens is 1. The van der Waals surface area contributed by atoms with Crippen molar-refractivity contribution in [3.8, 4) is 0 Å². The van der Waals surface area contributed by atoms with E-state index in [1.54, 1.807) is 12.4 Å². The Morgan fingerprint density at radius 1 is 1.20 bits per heavy atom. The topological polar surface area (TPSA) is 39.2 Å². The summed E-state index contributed by atoms with van der Waals surface area (Å²) in [5.41, 5.74) is 0.00815. The average Bonchev–Trinajstić information content (AvgIpc) is 2.51. The number of pyridine rings is 1. The highest BCUT2D eigenvalue weighted by atomic mass is 16.5. The van der Waals surface area contributed by atoms with E-state index in [1.807, 2.05) is 45.0 Å². The van der Waals surface area contributed by atoms with E-state index in [0.29, 0.717) is 19.4 Å². The highest BCUT2D eigenvalue weighted by Crippen LogP contribution is 2.29. The van der Waals surface area contributed by atoms with Crippen LogP contribution in [0.15, 0.2) is 36.7 Å². The summed E-state index contributed by atoms with van der Waals surface area (Å²) in [7, 11) is 0. The molecule has 0 atom stereocenters. The lowest BCUT2D eigenvalue weighted by molar-refractivity contribution is -0.0249. The number of Topliss-reactive ketones (excluding diaryl/α,β-unsaturated/α-hetero) is 1. The van der Waals surface area contributed by atoms with Crippen LogP contribution in [0, 0.1) is 0 Å². The van der Waals surface area contributed by atoms with Gasteiger partial charge in [-0.3, -0.25) is 9.78 Å². The number of nitrogens with zero attached hydrogens (tertiary/aromatic N) is 1. The summed E-state index contributed by atoms with van der Waals surface area (Å²) in [6.07, 6.45) is 4.86. The second-order valence-electron chi connectivity index (χ2n) is 4.87. The smallest absolute Gasteiger partial charge is 0.195 e. The number of benzene rings is 1. The number of fused-ring (bicyclic) bond motifs is 1. The summed E-state index contributed by atoms with van der Waals surface area (Å²) in [6.45, 7) is 6.48. The fraction of sp³-hybridized carbons (Fsp3) is 0.412. The summed E-state index contributed by atoms with van der Waals surface area (Å²) in [5.74, 6) is 0.0705. The Hall–Kier alpha value is -1.74. The van der Waals surface area contributed by atoms with Crippen molar-refractivity contribution < 1.29 is 9.53 Å². The monoisotopic (exact) mass is 271 g/mol. The highest BCUT2D eigenvalue weighted by molar-refractivity contribution is 6.11. The molecule has 0 aliphatic rings. The Balaban J connectivity index is 2.54. The maximum absolute atomic E-state index is 13.0. The minimum atomic E-state index is -0.716. The number of hydrogen-bond donors (Lipinski definition) is 0. The summed E-state index contributed by atoms with van der Waals surface area (Å²) in [5, 5.41) is 1.93. The summed E-state index contributed by atoms with van der Waals surface area (Å²) in [4.78, 5) is 17.1. The molecule has 1 aromatic carbocycles. The van der Waals surface area contributed by atoms with Gasteiger partial charge in [-0.25, -0.2) is 0 Å². The van der Waals surface area contributed by atoms with E-state index >= 15 is 0 Å². The molecule has 0 spiro atoms. The predicted molar refractivity (Wildman–Crippen MR) is 81.0 cm³/mol. The lowest BCUT2D eigenvalue weighted by Gasteiger charge is -2.30. The molecule has 1 heterocycles. The van der Waals surface area contributed by atoms with Crippen molar-refractivity contribution in [2.24, 2.45) is 0 Å². The maximum Gasteiger partial charge on any atom is 0.195 e. The molecule has 106 valence electrons. The van der Waals surface area contributed by atoms with Gasteiger partial charge in [0, 0.05) is 30.0 Å². The molecule has 0 aliphatic heterocycles. The quantitative estimate of drug-likeness (QED) is 0.745. The second kappa shape index (κ2) is 6.14. The van der Waals surface area contributed by atoms with Gasteiger partial charge < -0.3 is 4.74 Å². The normalized spacial score (nSPS) is 11.8. The standard InChI is InChI=1S/C17H21NO2/c1-4-17(5-2,20-6-3)16(19)15-9-7-8-13-12-18-11-10-14(13)15/h7-12H,4-6H2,1-3H3. The van der Waals surface area contributed by atoms with Crippen LogP contribution in [0.4, 0.5) is 0 Å². The molecule has 1 aromatic heterocycles. The molecule has 0 bridgehead atoms. The molecule has 20 heavy (non-hydrogen) atoms. The van der Waals surface area contributed by atoms with Gasteiger partial charge in [0.2, 0.25) is 0 Å². The number of carbonyl (C=O) groups excluding carboxylic acids is 1. The minimum absolute atomic E-state index is 0.0705. The average molecular weight is 271 g/mol. The van der Waals surface area contributed by atoms with Crippen molar-refractivity contribution in [3.05, 3.63) is 42.2 Å². The van der Waals surface area contributed by atoms with Crippen molar-refractivity contribution in [2.45, 2.75) is 39.2 Å². The Morgan fingerprint density at radius 2 is 1.95 bits per heavy atom. The van der Waals surface area contributed by atoms with E-state index in [-0.39, 0.29) is 5.78 Å². The molecular formula is C17H21NO2. The molecule has 3 nitrogen and oxygen atoms in total. The summed E-state index contributed by atoms with van der Waals surface area (Å²) in [6, 6.07) is 7.65. The van der Waals surface area contributed by atoms with Gasteiger partial charge in [-0.05, 0) is 31.2 Å². The van der Waals surface area contributed by atoms with Crippen LogP contribution in [-0.4, -0.2) is 23.0 Å². The van der Waals surface area contributed by atoms with Crippen molar-refractivity contribution >= 4 is 16.6 Å². The van der Waals surface area contributed by atoms with Crippen LogP contribution < -0.4 is 0 Å². The van der Waals surface area contributed by atoms with Crippen LogP contribution in [0.25, 0.3) is 10.8 Å². The van der Waals surface area contributed by atoms with Crippen molar-refractivity contribution in [1.29, 1.82) is 0 Å². The number of carbonyl (C=O) groups is 1. The molecule has 3 heteroatoms. The van der Waals surface area contributed by atoms with E-state index in [0.717, 1.165) is 16.3 Å². The van der Waals surface area contributed by atoms with Crippen molar-refractivity contribution in [3.63, 3.8) is 0 Å². The van der Waals surface area contributed by atoms with Gasteiger partial charge in [0.15, 0.2) is 5.78 Å². The zero-order valence-electron chi connectivity index (χ0n) is 12.3. The van der Waals surface area contributed by atoms with Crippen LogP contribution in [0.1, 0.15) is 44.0 Å². The van der Waals surface area contributed by atoms with Gasteiger partial charge in [-0.1, -0.05) is 32.0 Å². The van der Waals surface area contributed by atoms with E-state index in [4.69, 9.17) is 4.74 Å². The van der Waals surface area contributed by atoms with Crippen molar-refractivity contribution in [2.75, 3.05) is 6.61 Å². The van der Waals surface area contributed by atoms with Crippen LogP contribution in [0.2, 0.25) is 0 Å². The van der Waals surface area contributed by atoms with E-state index in [2.05, 4.69) is 4.98 Å². The second-order valence-corrected chi connectivity index (χ2v) is 4.87. The molecule has 0 radical (unpaired) electrons. The van der Waals surface area contributed by atoms with Gasteiger partial charge in [0.1, 0.15) is 5.60 Å². The fourth-order valence-electron chi connectivity index (χ4n) is 2.68. The Kier molecular flexibility index (Phi) is 4.50. The summed E-state index contributed by atoms with van der Waals surface area (Å²) >= 11 is 0. The SMILES string of the molecule is CCOC(CC)(CC)C(=O)c1cccc2cnccc12. The molecule has 0 saturated carbocycles. The summed E-state index contributed by atoms with van der Waals surface area (Å²) < 4.78 is 5.83. The molecule has 0 saturated heterocycles. The number of ether oxygens (including phenoxy) is 1. The first kappa shape index (κ1) is 14.7. The third-order valence-electron chi connectivity index (χ3n) is 3.90. The number of rotatable bonds is 6. The highest BCUT2D eigenvalue weighted by Gasteiger charge is 2.36. The molecule has 0 N–H and O–H groups in total. The molecular weight excluding hydrogens is 250 g/mol. The van der Waals surface area contributed by atoms with E-state index in [9.17, 15) is 4.79 Å². The molecule has 0 fully saturated rings. The fourth-order valence-corrected chi connectivity index (χ4v) is 2.68. The predicted octanol–water partition coefficient (Wildman–Crippen LogP) is 4.01. The largest absolute Gasteiger partial charge is 0.367 e. The lowest BCUT2D eigenvalue weighted by Crippen LogP contribution is -2.40. The number of hydrogen-bond acceptors (Lipinski definition) is 3. The van der Waals surface area contributed by atoms with Crippen molar-refractivity contribution in [1.82, 2.24) is 4.98 Å². The first-order valence-corrected chi connectivity index (χ1v) is 7.20. The first-order valence-electron chi connectivity index (χ1n) is 7.20. The third kappa shape index (κ3) is 2.46. The van der Waals surface area contributed by atoms with Crippen LogP contribution in [0.5, 0.6) is 0 Å². The first-order chi connectivity index (χ1) is 9.68. The Labute approximate surface area is 120 Å². The van der Waals surface area contributed by atoms with E-state index in [1.165, 1.54) is 0 Å². The Bertz CT molecular complexity index is 597. The molecule has 0 amide bonds. The molecule has 0 aliphatic carbocycles. The Morgan fingerprint density at radius 3 is 2.60 bits per heavy atom. The van der Waals surface area contributed by atoms with E-state index < -0.39 is 5.60 Å². The molecule has 2 rings (SSSR count). The molecule has 0 unspecified atom stereocenters. The van der Waals surface area contributed by atoms with Crippen LogP contribution in [0.3, 0.4) is 0 Å². The lowest BCUT2D eigenvalue weighted by atomic mass is 9.86. The zero-order chi connectivity index (χ0) is 14.6. The van der Waals surface area contributed by atoms with Crippen LogP contribution in [-0.2, 0) is 4.74 Å². The van der Waals surface area contributed by atoms with Crippen LogP contribution >= 0.6 is 0 Å². The maximum atomic E-state index is 13.0. The number of ketones is 1. The third-order valence-corrected chi connectivity index (χ3v) is 3.90. The van der Waals surface area contributed by atoms with Gasteiger partial charge in [0.05, 0.1) is 0 Å².